The number of amides is 1. The third-order valence-electron chi connectivity index (χ3n) is 5.53. The number of hydrogen-bond donors (Lipinski definition) is 2. The number of benzene rings is 1. The number of alkyl carbamates (subject to hydrolysis) is 1. The van der Waals surface area contributed by atoms with Crippen LogP contribution in [0, 0.1) is 12.8 Å². The van der Waals surface area contributed by atoms with Crippen LogP contribution < -0.4 is 15.0 Å². The summed E-state index contributed by atoms with van der Waals surface area (Å²) in [6, 6.07) is 5.55. The number of thiazole rings is 1. The van der Waals surface area contributed by atoms with Crippen molar-refractivity contribution in [1.29, 1.82) is 0 Å². The summed E-state index contributed by atoms with van der Waals surface area (Å²) in [6.45, 7) is 10.2. The van der Waals surface area contributed by atoms with E-state index in [0.29, 0.717) is 31.8 Å². The van der Waals surface area contributed by atoms with Crippen molar-refractivity contribution in [2.45, 2.75) is 46.6 Å². The van der Waals surface area contributed by atoms with E-state index in [-0.39, 0.29) is 18.9 Å². The molecule has 10 heteroatoms. The van der Waals surface area contributed by atoms with Crippen molar-refractivity contribution in [3.63, 3.8) is 0 Å². The quantitative estimate of drug-likeness (QED) is 0.448. The maximum atomic E-state index is 12.0. The summed E-state index contributed by atoms with van der Waals surface area (Å²) in [6.07, 6.45) is 0.572. The number of carboxylic acids is 1. The summed E-state index contributed by atoms with van der Waals surface area (Å²) < 4.78 is 16.6. The first kappa shape index (κ1) is 26.7. The number of aryl methyl sites for hydroxylation is 2. The molecule has 1 fully saturated rings. The molecule has 1 saturated heterocycles. The molecule has 1 amide bonds. The Bertz CT molecular complexity index is 988. The lowest BCUT2D eigenvalue weighted by atomic mass is 10.0. The van der Waals surface area contributed by atoms with Crippen LogP contribution >= 0.6 is 11.3 Å². The molecule has 0 bridgehead atoms. The molecular weight excluding hydrogens is 470 g/mol. The number of aromatic nitrogens is 1. The molecule has 0 saturated carbocycles. The van der Waals surface area contributed by atoms with Crippen LogP contribution in [0.2, 0.25) is 0 Å². The molecule has 2 aromatic rings. The van der Waals surface area contributed by atoms with Gasteiger partial charge in [0.25, 0.3) is 0 Å². The monoisotopic (exact) mass is 505 g/mol. The van der Waals surface area contributed by atoms with E-state index in [1.165, 1.54) is 4.88 Å². The summed E-state index contributed by atoms with van der Waals surface area (Å²) in [5, 5.41) is 12.8. The Labute approximate surface area is 210 Å². The van der Waals surface area contributed by atoms with Crippen LogP contribution in [-0.2, 0) is 33.7 Å². The minimum Gasteiger partial charge on any atom is -0.493 e. The SMILES string of the molecule is Cc1sc(N2CCOCC2)nc1CCOc1ccc(CCC(=O)O)c(CNC(=O)OCC(C)C)c1. The van der Waals surface area contributed by atoms with Crippen molar-refractivity contribution in [3.8, 4) is 5.75 Å². The lowest BCUT2D eigenvalue weighted by Gasteiger charge is -2.26. The minimum absolute atomic E-state index is 0.0135. The van der Waals surface area contributed by atoms with Gasteiger partial charge in [-0.25, -0.2) is 9.78 Å². The molecule has 0 radical (unpaired) electrons. The lowest BCUT2D eigenvalue weighted by Crippen LogP contribution is -2.36. The van der Waals surface area contributed by atoms with Crippen molar-refractivity contribution >= 4 is 28.5 Å². The number of carbonyl (C=O) groups is 2. The van der Waals surface area contributed by atoms with E-state index in [0.717, 1.165) is 48.3 Å². The Balaban J connectivity index is 1.59. The molecule has 1 aliphatic heterocycles. The Hall–Kier alpha value is -2.85. The van der Waals surface area contributed by atoms with Crippen LogP contribution in [0.15, 0.2) is 18.2 Å². The lowest BCUT2D eigenvalue weighted by molar-refractivity contribution is -0.136. The average molecular weight is 506 g/mol. The smallest absolute Gasteiger partial charge is 0.407 e. The normalized spacial score (nSPS) is 13.7. The molecule has 0 aliphatic carbocycles. The Kier molecular flexibility index (Phi) is 10.2. The third-order valence-corrected chi connectivity index (χ3v) is 6.60. The second kappa shape index (κ2) is 13.3. The molecule has 1 aromatic carbocycles. The molecule has 0 atom stereocenters. The molecule has 9 nitrogen and oxygen atoms in total. The Morgan fingerprint density at radius 1 is 1.23 bits per heavy atom. The van der Waals surface area contributed by atoms with Gasteiger partial charge in [-0.1, -0.05) is 19.9 Å². The van der Waals surface area contributed by atoms with Gasteiger partial charge >= 0.3 is 12.1 Å². The number of aliphatic carboxylic acids is 1. The number of ether oxygens (including phenoxy) is 3. The summed E-state index contributed by atoms with van der Waals surface area (Å²) >= 11 is 1.70. The van der Waals surface area contributed by atoms with Crippen molar-refractivity contribution in [2.24, 2.45) is 5.92 Å². The number of nitrogens with one attached hydrogen (secondary N) is 1. The molecule has 0 spiro atoms. The number of carboxylic acid groups (broad SMARTS) is 1. The zero-order valence-electron chi connectivity index (χ0n) is 20.7. The Morgan fingerprint density at radius 2 is 2.00 bits per heavy atom. The molecule has 35 heavy (non-hydrogen) atoms. The molecule has 0 unspecified atom stereocenters. The standard InChI is InChI=1S/C25H35N3O6S/c1-17(2)16-34-25(31)26-15-20-14-21(6-4-19(20)5-7-23(29)30)33-11-8-22-18(3)35-24(27-22)28-9-12-32-13-10-28/h4,6,14,17H,5,7-13,15-16H2,1-3H3,(H,26,31)(H,29,30). The number of hydrogen-bond acceptors (Lipinski definition) is 8. The summed E-state index contributed by atoms with van der Waals surface area (Å²) in [5.41, 5.74) is 2.70. The van der Waals surface area contributed by atoms with Crippen molar-refractivity contribution < 1.29 is 28.9 Å². The van der Waals surface area contributed by atoms with Gasteiger partial charge in [-0.2, -0.15) is 0 Å². The van der Waals surface area contributed by atoms with Crippen LogP contribution in [0.5, 0.6) is 5.75 Å². The van der Waals surface area contributed by atoms with Crippen LogP contribution in [0.4, 0.5) is 9.93 Å². The predicted octanol–water partition coefficient (Wildman–Crippen LogP) is 3.81. The highest BCUT2D eigenvalue weighted by atomic mass is 32.1. The molecule has 1 aromatic heterocycles. The van der Waals surface area contributed by atoms with Gasteiger partial charge in [-0.15, -0.1) is 11.3 Å². The van der Waals surface area contributed by atoms with Gasteiger partial charge in [0.2, 0.25) is 0 Å². The Morgan fingerprint density at radius 3 is 2.71 bits per heavy atom. The number of morpholine rings is 1. The number of carbonyl (C=O) groups excluding carboxylic acids is 1. The fourth-order valence-electron chi connectivity index (χ4n) is 3.60. The van der Waals surface area contributed by atoms with Crippen molar-refractivity contribution in [2.75, 3.05) is 44.4 Å². The van der Waals surface area contributed by atoms with Crippen LogP contribution in [0.1, 0.15) is 42.0 Å². The van der Waals surface area contributed by atoms with Crippen LogP contribution in [-0.4, -0.2) is 61.7 Å². The van der Waals surface area contributed by atoms with Crippen molar-refractivity contribution in [1.82, 2.24) is 10.3 Å². The minimum atomic E-state index is -0.865. The first-order chi connectivity index (χ1) is 16.8. The fraction of sp³-hybridized carbons (Fsp3) is 0.560. The van der Waals surface area contributed by atoms with E-state index in [1.54, 1.807) is 11.3 Å². The van der Waals surface area contributed by atoms with E-state index in [2.05, 4.69) is 17.1 Å². The highest BCUT2D eigenvalue weighted by molar-refractivity contribution is 7.15. The summed E-state index contributed by atoms with van der Waals surface area (Å²) in [7, 11) is 0. The number of anilines is 1. The third kappa shape index (κ3) is 8.70. The molecule has 1 aliphatic rings. The van der Waals surface area contributed by atoms with E-state index in [4.69, 9.17) is 24.3 Å². The molecular formula is C25H35N3O6S. The topological polar surface area (TPSA) is 110 Å². The van der Waals surface area contributed by atoms with Gasteiger partial charge in [0, 0.05) is 37.4 Å². The zero-order valence-corrected chi connectivity index (χ0v) is 21.5. The number of rotatable bonds is 12. The van der Waals surface area contributed by atoms with Gasteiger partial charge in [-0.05, 0) is 42.5 Å². The maximum Gasteiger partial charge on any atom is 0.407 e. The van der Waals surface area contributed by atoms with Gasteiger partial charge < -0.3 is 29.5 Å². The highest BCUT2D eigenvalue weighted by Gasteiger charge is 2.17. The predicted molar refractivity (Wildman–Crippen MR) is 135 cm³/mol. The van der Waals surface area contributed by atoms with E-state index >= 15 is 0 Å². The highest BCUT2D eigenvalue weighted by Crippen LogP contribution is 2.27. The van der Waals surface area contributed by atoms with Gasteiger partial charge in [0.15, 0.2) is 5.13 Å². The van der Waals surface area contributed by atoms with Crippen LogP contribution in [0.25, 0.3) is 0 Å². The average Bonchev–Trinajstić information content (AvgIpc) is 3.21. The van der Waals surface area contributed by atoms with Gasteiger partial charge in [-0.3, -0.25) is 4.79 Å². The van der Waals surface area contributed by atoms with E-state index < -0.39 is 12.1 Å². The number of nitrogens with zero attached hydrogens (tertiary/aromatic N) is 2. The van der Waals surface area contributed by atoms with Gasteiger partial charge in [0.05, 0.1) is 32.1 Å². The first-order valence-electron chi connectivity index (χ1n) is 12.0. The molecule has 3 rings (SSSR count). The van der Waals surface area contributed by atoms with Gasteiger partial charge in [0.1, 0.15) is 5.75 Å². The molecule has 2 heterocycles. The molecule has 192 valence electrons. The second-order valence-electron chi connectivity index (χ2n) is 8.87. The maximum absolute atomic E-state index is 12.0. The zero-order chi connectivity index (χ0) is 25.2. The van der Waals surface area contributed by atoms with E-state index in [9.17, 15) is 9.59 Å². The summed E-state index contributed by atoms with van der Waals surface area (Å²) in [5.74, 6) is 0.0447. The van der Waals surface area contributed by atoms with Crippen LogP contribution in [0.3, 0.4) is 0 Å². The fourth-order valence-corrected chi connectivity index (χ4v) is 4.61. The largest absolute Gasteiger partial charge is 0.493 e. The first-order valence-corrected chi connectivity index (χ1v) is 12.8. The summed E-state index contributed by atoms with van der Waals surface area (Å²) in [4.78, 5) is 31.3. The van der Waals surface area contributed by atoms with Crippen molar-refractivity contribution in [3.05, 3.63) is 39.9 Å². The molecule has 2 N–H and O–H groups in total. The second-order valence-corrected chi connectivity index (χ2v) is 10.0. The van der Waals surface area contributed by atoms with E-state index in [1.807, 2.05) is 32.0 Å².